The van der Waals surface area contributed by atoms with Crippen LogP contribution in [-0.4, -0.2) is 90.1 Å². The Kier molecular flexibility index (Phi) is 18.3. The van der Waals surface area contributed by atoms with E-state index in [0.29, 0.717) is 11.3 Å². The number of nitrogens with one attached hydrogen (secondary N) is 5. The van der Waals surface area contributed by atoms with Gasteiger partial charge in [-0.25, -0.2) is 4.79 Å². The number of ether oxygens (including phenoxy) is 1. The third kappa shape index (κ3) is 13.6. The van der Waals surface area contributed by atoms with Gasteiger partial charge in [0.25, 0.3) is 0 Å². The number of benzene rings is 3. The number of carbonyl (C=O) groups excluding carboxylic acids is 6. The van der Waals surface area contributed by atoms with Gasteiger partial charge >= 0.3 is 6.09 Å². The number of likely N-dealkylation sites (N-methyl/N-ethyl adjacent to an activating group) is 1. The summed E-state index contributed by atoms with van der Waals surface area (Å²) in [6, 6.07) is 21.0. The van der Waals surface area contributed by atoms with Gasteiger partial charge in [-0.3, -0.25) is 24.0 Å². The number of carbonyl (C=O) groups is 6. The van der Waals surface area contributed by atoms with Crippen molar-refractivity contribution in [3.8, 4) is 0 Å². The summed E-state index contributed by atoms with van der Waals surface area (Å²) in [5.41, 5.74) is 0.480. The zero-order valence-corrected chi connectivity index (χ0v) is 36.4. The SMILES string of the molecule is CNC(=O)[C@](Cc1ccc(C)cc1)(C(=O)[C@H](CCSC)NC(=O)[C@H](Cc1ccccc1)NC(=O)[C@@H](NC(=O)[C@H](CS)NC(=O)OC(C)(C)C)C(C)C)c1ccccc1. The van der Waals surface area contributed by atoms with Crippen LogP contribution in [0.4, 0.5) is 4.79 Å². The van der Waals surface area contributed by atoms with Crippen LogP contribution >= 0.6 is 24.4 Å². The Hall–Kier alpha value is -4.82. The van der Waals surface area contributed by atoms with E-state index in [0.717, 1.165) is 16.7 Å². The highest BCUT2D eigenvalue weighted by Gasteiger charge is 2.50. The van der Waals surface area contributed by atoms with Gasteiger partial charge in [-0.15, -0.1) is 0 Å². The van der Waals surface area contributed by atoms with Gasteiger partial charge in [0, 0.05) is 19.2 Å². The number of thioether (sulfide) groups is 1. The van der Waals surface area contributed by atoms with Crippen molar-refractivity contribution in [2.75, 3.05) is 24.8 Å². The highest BCUT2D eigenvalue weighted by atomic mass is 32.2. The van der Waals surface area contributed by atoms with E-state index in [9.17, 15) is 24.0 Å². The molecule has 0 bridgehead atoms. The van der Waals surface area contributed by atoms with Crippen molar-refractivity contribution >= 4 is 59.9 Å². The smallest absolute Gasteiger partial charge is 0.408 e. The first-order valence-electron chi connectivity index (χ1n) is 19.4. The molecule has 3 aromatic rings. The molecule has 0 unspecified atom stereocenters. The van der Waals surface area contributed by atoms with E-state index < -0.39 is 76.6 Å². The molecule has 0 aliphatic rings. The molecule has 0 aliphatic heterocycles. The summed E-state index contributed by atoms with van der Waals surface area (Å²) in [6.07, 6.45) is 1.38. The molecule has 0 saturated carbocycles. The van der Waals surface area contributed by atoms with Crippen LogP contribution in [-0.2, 0) is 47.0 Å². The molecule has 5 N–H and O–H groups in total. The average Bonchev–Trinajstić information content (AvgIpc) is 3.19. The van der Waals surface area contributed by atoms with Crippen molar-refractivity contribution in [1.82, 2.24) is 26.6 Å². The lowest BCUT2D eigenvalue weighted by atomic mass is 9.69. The van der Waals surface area contributed by atoms with Crippen molar-refractivity contribution in [3.05, 3.63) is 107 Å². The number of aryl methyl sites for hydroxylation is 1. The van der Waals surface area contributed by atoms with Crippen molar-refractivity contribution in [3.63, 3.8) is 0 Å². The molecular weight excluding hydrogens is 775 g/mol. The van der Waals surface area contributed by atoms with Crippen LogP contribution in [0.25, 0.3) is 0 Å². The van der Waals surface area contributed by atoms with Crippen LogP contribution in [0, 0.1) is 12.8 Å². The zero-order valence-electron chi connectivity index (χ0n) is 34.7. The van der Waals surface area contributed by atoms with Crippen molar-refractivity contribution in [1.29, 1.82) is 0 Å². The summed E-state index contributed by atoms with van der Waals surface area (Å²) in [6.45, 7) is 10.5. The zero-order chi connectivity index (χ0) is 43.0. The van der Waals surface area contributed by atoms with Crippen LogP contribution in [0.15, 0.2) is 84.9 Å². The van der Waals surface area contributed by atoms with Crippen molar-refractivity contribution in [2.45, 2.75) is 96.0 Å². The average molecular weight is 834 g/mol. The molecule has 3 aromatic carbocycles. The molecule has 0 saturated heterocycles. The summed E-state index contributed by atoms with van der Waals surface area (Å²) in [4.78, 5) is 83.8. The van der Waals surface area contributed by atoms with Gasteiger partial charge in [-0.1, -0.05) is 104 Å². The van der Waals surface area contributed by atoms with Gasteiger partial charge < -0.3 is 31.3 Å². The van der Waals surface area contributed by atoms with Crippen LogP contribution < -0.4 is 26.6 Å². The second-order valence-corrected chi connectivity index (χ2v) is 16.9. The van der Waals surface area contributed by atoms with Crippen LogP contribution in [0.2, 0.25) is 0 Å². The van der Waals surface area contributed by atoms with Gasteiger partial charge in [-0.2, -0.15) is 24.4 Å². The van der Waals surface area contributed by atoms with E-state index in [4.69, 9.17) is 4.74 Å². The van der Waals surface area contributed by atoms with Gasteiger partial charge in [0.2, 0.25) is 23.6 Å². The predicted molar refractivity (Wildman–Crippen MR) is 233 cm³/mol. The Morgan fingerprint density at radius 1 is 0.724 bits per heavy atom. The molecule has 12 nitrogen and oxygen atoms in total. The van der Waals surface area contributed by atoms with Gasteiger partial charge in [-0.05, 0) is 75.2 Å². The number of amides is 5. The minimum Gasteiger partial charge on any atom is -0.444 e. The normalized spacial score (nSPS) is 14.4. The molecule has 314 valence electrons. The third-order valence-corrected chi connectivity index (χ3v) is 10.5. The van der Waals surface area contributed by atoms with Crippen molar-refractivity contribution in [2.24, 2.45) is 5.92 Å². The number of ketones is 1. The standard InChI is InChI=1S/C44H59N5O7S2/c1-28(2)36(49-39(52)35(27-57)48-42(55)56-43(4,5)6)40(53)47-34(25-30-15-11-9-12-16-30)38(51)46-33(23-24-58-8)37(50)44(41(54)45-7,32-17-13-10-14-18-32)26-31-21-19-29(3)20-22-31/h9-22,28,33-36,57H,23-27H2,1-8H3,(H,45,54)(H,46,51)(H,47,53)(H,48,55)(H,49,52)/t33-,34-,35-,36-,44-/m0/s1. The number of hydrogen-bond acceptors (Lipinski definition) is 9. The quantitative estimate of drug-likeness (QED) is 0.0702. The Morgan fingerprint density at radius 2 is 1.29 bits per heavy atom. The first-order chi connectivity index (χ1) is 27.4. The maximum absolute atomic E-state index is 15.2. The number of Topliss-reactive ketones (excluding diaryl/α,β-unsaturated/α-hetero) is 1. The van der Waals surface area contributed by atoms with Crippen molar-refractivity contribution < 1.29 is 33.5 Å². The van der Waals surface area contributed by atoms with Gasteiger partial charge in [0.15, 0.2) is 5.78 Å². The number of alkyl carbamates (subject to hydrolysis) is 1. The molecule has 0 radical (unpaired) electrons. The highest BCUT2D eigenvalue weighted by Crippen LogP contribution is 2.33. The Labute approximate surface area is 352 Å². The molecular formula is C44H59N5O7S2. The monoisotopic (exact) mass is 833 g/mol. The summed E-state index contributed by atoms with van der Waals surface area (Å²) in [5.74, 6) is -2.99. The highest BCUT2D eigenvalue weighted by molar-refractivity contribution is 7.98. The van der Waals surface area contributed by atoms with Gasteiger partial charge in [0.1, 0.15) is 29.1 Å². The van der Waals surface area contributed by atoms with E-state index in [2.05, 4.69) is 39.2 Å². The minimum absolute atomic E-state index is 0.0391. The molecule has 0 heterocycles. The van der Waals surface area contributed by atoms with Gasteiger partial charge in [0.05, 0.1) is 6.04 Å². The molecule has 0 aromatic heterocycles. The lowest BCUT2D eigenvalue weighted by molar-refractivity contribution is -0.140. The summed E-state index contributed by atoms with van der Waals surface area (Å²) < 4.78 is 5.29. The van der Waals surface area contributed by atoms with E-state index in [1.54, 1.807) is 65.0 Å². The number of thiol groups is 1. The lowest BCUT2D eigenvalue weighted by Gasteiger charge is -2.35. The van der Waals surface area contributed by atoms with E-state index >= 15 is 4.79 Å². The largest absolute Gasteiger partial charge is 0.444 e. The second-order valence-electron chi connectivity index (χ2n) is 15.6. The Balaban J connectivity index is 2.01. The fourth-order valence-electron chi connectivity index (χ4n) is 6.43. The maximum Gasteiger partial charge on any atom is 0.408 e. The lowest BCUT2D eigenvalue weighted by Crippen LogP contribution is -2.62. The maximum atomic E-state index is 15.2. The minimum atomic E-state index is -1.72. The fraction of sp³-hybridized carbons (Fsp3) is 0.455. The molecule has 14 heteroatoms. The van der Waals surface area contributed by atoms with Crippen LogP contribution in [0.3, 0.4) is 0 Å². The van der Waals surface area contributed by atoms with E-state index in [1.165, 1.54) is 18.8 Å². The molecule has 0 aliphatic carbocycles. The second kappa shape index (κ2) is 22.4. The number of hydrogen-bond donors (Lipinski definition) is 6. The van der Waals surface area contributed by atoms with E-state index in [1.807, 2.05) is 67.8 Å². The van der Waals surface area contributed by atoms with Crippen LogP contribution in [0.1, 0.15) is 63.3 Å². The van der Waals surface area contributed by atoms with Crippen LogP contribution in [0.5, 0.6) is 0 Å². The summed E-state index contributed by atoms with van der Waals surface area (Å²) >= 11 is 5.72. The predicted octanol–water partition coefficient (Wildman–Crippen LogP) is 4.72. The van der Waals surface area contributed by atoms with E-state index in [-0.39, 0.29) is 25.0 Å². The summed E-state index contributed by atoms with van der Waals surface area (Å²) in [5, 5.41) is 13.7. The molecule has 3 rings (SSSR count). The number of rotatable bonds is 20. The summed E-state index contributed by atoms with van der Waals surface area (Å²) in [7, 11) is 1.49. The fourth-order valence-corrected chi connectivity index (χ4v) is 7.16. The molecule has 5 atom stereocenters. The molecule has 5 amide bonds. The molecule has 0 spiro atoms. The molecule has 0 fully saturated rings. The molecule has 58 heavy (non-hydrogen) atoms. The topological polar surface area (TPSA) is 172 Å². The third-order valence-electron chi connectivity index (χ3n) is 9.49. The first-order valence-corrected chi connectivity index (χ1v) is 21.4. The Morgan fingerprint density at radius 3 is 1.83 bits per heavy atom. The Bertz CT molecular complexity index is 1840. The first kappa shape index (κ1) is 47.6.